The highest BCUT2D eigenvalue weighted by Crippen LogP contribution is 2.39. The summed E-state index contributed by atoms with van der Waals surface area (Å²) >= 11 is 0. The number of allylic oxidation sites excluding steroid dienone is 3. The number of hydrogen-bond acceptors (Lipinski definition) is 1. The molecule has 3 aliphatic rings. The SMILES string of the molecule is CCCN(Cc1ccc2c(c1)CCC2(C)C)C1CCC2=C(CC=C2)C1. The van der Waals surface area contributed by atoms with Gasteiger partial charge in [-0.1, -0.05) is 56.7 Å². The van der Waals surface area contributed by atoms with Crippen LogP contribution in [0.4, 0.5) is 0 Å². The number of fused-ring (bicyclic) bond motifs is 1. The Bertz CT molecular complexity index is 707. The van der Waals surface area contributed by atoms with E-state index in [1.807, 2.05) is 0 Å². The van der Waals surface area contributed by atoms with Crippen LogP contribution in [0.15, 0.2) is 41.5 Å². The molecule has 1 aromatic rings. The van der Waals surface area contributed by atoms with E-state index in [9.17, 15) is 0 Å². The lowest BCUT2D eigenvalue weighted by atomic mass is 9.86. The van der Waals surface area contributed by atoms with E-state index >= 15 is 0 Å². The van der Waals surface area contributed by atoms with Gasteiger partial charge in [0.1, 0.15) is 0 Å². The van der Waals surface area contributed by atoms with Crippen LogP contribution in [-0.2, 0) is 18.4 Å². The highest BCUT2D eigenvalue weighted by molar-refractivity contribution is 5.41. The Morgan fingerprint density at radius 1 is 1.20 bits per heavy atom. The summed E-state index contributed by atoms with van der Waals surface area (Å²) in [5, 5.41) is 0. The van der Waals surface area contributed by atoms with Crippen molar-refractivity contribution in [2.24, 2.45) is 0 Å². The molecule has 0 heterocycles. The smallest absolute Gasteiger partial charge is 0.0236 e. The van der Waals surface area contributed by atoms with E-state index in [-0.39, 0.29) is 0 Å². The van der Waals surface area contributed by atoms with Gasteiger partial charge in [-0.25, -0.2) is 0 Å². The number of aryl methyl sites for hydroxylation is 1. The molecular weight excluding hydrogens is 302 g/mol. The molecule has 0 aromatic heterocycles. The first-order valence-corrected chi connectivity index (χ1v) is 10.3. The molecule has 0 bridgehead atoms. The van der Waals surface area contributed by atoms with E-state index in [1.165, 1.54) is 57.1 Å². The van der Waals surface area contributed by atoms with Crippen molar-refractivity contribution in [3.05, 3.63) is 58.2 Å². The molecule has 0 saturated carbocycles. The summed E-state index contributed by atoms with van der Waals surface area (Å²) in [4.78, 5) is 2.77. The molecule has 0 aliphatic heterocycles. The molecule has 0 amide bonds. The number of nitrogens with zero attached hydrogens (tertiary/aromatic N) is 1. The van der Waals surface area contributed by atoms with Gasteiger partial charge in [-0.2, -0.15) is 0 Å². The summed E-state index contributed by atoms with van der Waals surface area (Å²) in [5.74, 6) is 0. The van der Waals surface area contributed by atoms with Crippen LogP contribution in [0.25, 0.3) is 0 Å². The normalized spacial score (nSPS) is 24.1. The van der Waals surface area contributed by atoms with E-state index in [0.717, 1.165) is 12.6 Å². The minimum Gasteiger partial charge on any atom is -0.296 e. The first-order chi connectivity index (χ1) is 12.1. The molecule has 1 nitrogen and oxygen atoms in total. The summed E-state index contributed by atoms with van der Waals surface area (Å²) in [7, 11) is 0. The van der Waals surface area contributed by atoms with Crippen molar-refractivity contribution in [3.63, 3.8) is 0 Å². The lowest BCUT2D eigenvalue weighted by Crippen LogP contribution is -2.37. The third-order valence-electron chi connectivity index (χ3n) is 6.70. The van der Waals surface area contributed by atoms with Crippen molar-refractivity contribution in [1.82, 2.24) is 4.90 Å². The molecule has 1 heteroatoms. The van der Waals surface area contributed by atoms with Crippen molar-refractivity contribution in [2.75, 3.05) is 6.54 Å². The lowest BCUT2D eigenvalue weighted by Gasteiger charge is -2.35. The maximum absolute atomic E-state index is 2.77. The second-order valence-corrected chi connectivity index (χ2v) is 8.98. The Kier molecular flexibility index (Phi) is 4.62. The Morgan fingerprint density at radius 2 is 2.08 bits per heavy atom. The zero-order valence-electron chi connectivity index (χ0n) is 16.3. The van der Waals surface area contributed by atoms with Crippen LogP contribution in [0.3, 0.4) is 0 Å². The quantitative estimate of drug-likeness (QED) is 0.644. The van der Waals surface area contributed by atoms with Crippen molar-refractivity contribution in [2.45, 2.75) is 83.7 Å². The predicted octanol–water partition coefficient (Wildman–Crippen LogP) is 5.93. The second kappa shape index (κ2) is 6.76. The second-order valence-electron chi connectivity index (χ2n) is 8.98. The fraction of sp³-hybridized carbons (Fsp3) is 0.583. The van der Waals surface area contributed by atoms with Crippen molar-refractivity contribution >= 4 is 0 Å². The predicted molar refractivity (Wildman–Crippen MR) is 107 cm³/mol. The lowest BCUT2D eigenvalue weighted by molar-refractivity contribution is 0.171. The van der Waals surface area contributed by atoms with E-state index in [1.54, 1.807) is 22.3 Å². The largest absolute Gasteiger partial charge is 0.296 e. The summed E-state index contributed by atoms with van der Waals surface area (Å²) in [6.07, 6.45) is 13.7. The number of benzene rings is 1. The minimum atomic E-state index is 0.374. The Labute approximate surface area is 153 Å². The van der Waals surface area contributed by atoms with Gasteiger partial charge in [-0.3, -0.25) is 4.90 Å². The molecule has 4 rings (SSSR count). The van der Waals surface area contributed by atoms with E-state index in [2.05, 4.69) is 56.0 Å². The van der Waals surface area contributed by atoms with Crippen LogP contribution in [0, 0.1) is 0 Å². The van der Waals surface area contributed by atoms with Crippen LogP contribution >= 0.6 is 0 Å². The van der Waals surface area contributed by atoms with Gasteiger partial charge in [0.25, 0.3) is 0 Å². The van der Waals surface area contributed by atoms with Gasteiger partial charge < -0.3 is 0 Å². The molecule has 1 atom stereocenters. The number of hydrogen-bond donors (Lipinski definition) is 0. The van der Waals surface area contributed by atoms with Gasteiger partial charge in [-0.15, -0.1) is 0 Å². The van der Waals surface area contributed by atoms with Crippen LogP contribution in [-0.4, -0.2) is 17.5 Å². The van der Waals surface area contributed by atoms with Crippen LogP contribution < -0.4 is 0 Å². The zero-order chi connectivity index (χ0) is 17.4. The molecule has 0 N–H and O–H groups in total. The maximum atomic E-state index is 2.77. The zero-order valence-corrected chi connectivity index (χ0v) is 16.3. The third kappa shape index (κ3) is 3.36. The van der Waals surface area contributed by atoms with Crippen LogP contribution in [0.1, 0.15) is 76.0 Å². The molecular formula is C24H33N. The Hall–Kier alpha value is -1.34. The summed E-state index contributed by atoms with van der Waals surface area (Å²) < 4.78 is 0. The van der Waals surface area contributed by atoms with E-state index in [4.69, 9.17) is 0 Å². The topological polar surface area (TPSA) is 3.24 Å². The average molecular weight is 336 g/mol. The molecule has 0 radical (unpaired) electrons. The first kappa shape index (κ1) is 17.1. The van der Waals surface area contributed by atoms with Gasteiger partial charge >= 0.3 is 0 Å². The number of rotatable bonds is 5. The Balaban J connectivity index is 1.49. The van der Waals surface area contributed by atoms with Gasteiger partial charge in [0.05, 0.1) is 0 Å². The van der Waals surface area contributed by atoms with Crippen molar-refractivity contribution < 1.29 is 0 Å². The highest BCUT2D eigenvalue weighted by Gasteiger charge is 2.30. The fourth-order valence-corrected chi connectivity index (χ4v) is 5.19. The summed E-state index contributed by atoms with van der Waals surface area (Å²) in [5.41, 5.74) is 8.45. The maximum Gasteiger partial charge on any atom is 0.0236 e. The first-order valence-electron chi connectivity index (χ1n) is 10.3. The third-order valence-corrected chi connectivity index (χ3v) is 6.70. The fourth-order valence-electron chi connectivity index (χ4n) is 5.19. The van der Waals surface area contributed by atoms with Crippen LogP contribution in [0.2, 0.25) is 0 Å². The molecule has 0 spiro atoms. The summed E-state index contributed by atoms with van der Waals surface area (Å²) in [6, 6.07) is 8.07. The average Bonchev–Trinajstić information content (AvgIpc) is 3.18. The molecule has 1 aromatic carbocycles. The monoisotopic (exact) mass is 335 g/mol. The molecule has 0 fully saturated rings. The Morgan fingerprint density at radius 3 is 2.92 bits per heavy atom. The molecule has 0 saturated heterocycles. The van der Waals surface area contributed by atoms with E-state index < -0.39 is 0 Å². The van der Waals surface area contributed by atoms with Crippen molar-refractivity contribution in [1.29, 1.82) is 0 Å². The van der Waals surface area contributed by atoms with Gasteiger partial charge in [0.15, 0.2) is 0 Å². The minimum absolute atomic E-state index is 0.374. The molecule has 134 valence electrons. The standard InChI is InChI=1S/C24H33N/c1-4-14-25(22-10-9-19-6-5-7-20(19)16-22)17-18-8-11-23-21(15-18)12-13-24(23,2)3/h5-6,8,11,15,22H,4,7,9-10,12-14,16-17H2,1-3H3. The van der Waals surface area contributed by atoms with Crippen molar-refractivity contribution in [3.8, 4) is 0 Å². The summed E-state index contributed by atoms with van der Waals surface area (Å²) in [6.45, 7) is 9.46. The molecule has 1 unspecified atom stereocenters. The molecule has 3 aliphatic carbocycles. The van der Waals surface area contributed by atoms with Gasteiger partial charge in [-0.05, 0) is 79.2 Å². The van der Waals surface area contributed by atoms with Gasteiger partial charge in [0, 0.05) is 12.6 Å². The van der Waals surface area contributed by atoms with Gasteiger partial charge in [0.2, 0.25) is 0 Å². The van der Waals surface area contributed by atoms with E-state index in [0.29, 0.717) is 5.41 Å². The molecule has 25 heavy (non-hydrogen) atoms. The van der Waals surface area contributed by atoms with Crippen LogP contribution in [0.5, 0.6) is 0 Å². The highest BCUT2D eigenvalue weighted by atomic mass is 15.1.